The molecule has 7 heteroatoms. The van der Waals surface area contributed by atoms with Gasteiger partial charge in [0.2, 0.25) is 0 Å². The Morgan fingerprint density at radius 3 is 1.82 bits per heavy atom. The van der Waals surface area contributed by atoms with Crippen LogP contribution in [0.3, 0.4) is 0 Å². The Labute approximate surface area is 281 Å². The number of aromatic nitrogens is 6. The molecule has 7 nitrogen and oxygen atoms in total. The summed E-state index contributed by atoms with van der Waals surface area (Å²) in [4.78, 5) is 15.2. The summed E-state index contributed by atoms with van der Waals surface area (Å²) < 4.78 is 2.06. The van der Waals surface area contributed by atoms with Crippen LogP contribution < -0.4 is 0 Å². The Kier molecular flexibility index (Phi) is 6.70. The van der Waals surface area contributed by atoms with E-state index in [9.17, 15) is 5.26 Å². The van der Waals surface area contributed by atoms with Crippen molar-refractivity contribution in [1.29, 1.82) is 5.26 Å². The van der Waals surface area contributed by atoms with Crippen molar-refractivity contribution in [2.75, 3.05) is 0 Å². The van der Waals surface area contributed by atoms with Gasteiger partial charge in [0, 0.05) is 33.0 Å². The predicted octanol–water partition coefficient (Wildman–Crippen LogP) is 9.43. The van der Waals surface area contributed by atoms with Crippen molar-refractivity contribution in [3.8, 4) is 62.6 Å². The minimum absolute atomic E-state index is 0.609. The average molecular weight is 628 g/mol. The first kappa shape index (κ1) is 28.2. The van der Waals surface area contributed by atoms with Crippen LogP contribution in [0.25, 0.3) is 84.0 Å². The van der Waals surface area contributed by atoms with Gasteiger partial charge in [-0.1, -0.05) is 109 Å². The molecule has 9 rings (SSSR count). The average Bonchev–Trinajstić information content (AvgIpc) is 3.63. The van der Waals surface area contributed by atoms with Crippen LogP contribution in [0.2, 0.25) is 0 Å². The van der Waals surface area contributed by atoms with Crippen LogP contribution in [-0.4, -0.2) is 29.5 Å². The van der Waals surface area contributed by atoms with Gasteiger partial charge in [-0.3, -0.25) is 4.40 Å². The molecule has 9 aromatic rings. The van der Waals surface area contributed by atoms with Gasteiger partial charge in [-0.15, -0.1) is 10.2 Å². The molecule has 0 radical (unpaired) electrons. The highest BCUT2D eigenvalue weighted by molar-refractivity contribution is 5.95. The lowest BCUT2D eigenvalue weighted by Gasteiger charge is -2.12. The SMILES string of the molecule is N#Cc1ccc(-c2nc(-c3cccc(-c4cccc(-c5nc6ccccc6c6nnc(-c7ccccc7)n56)c4)c3)nc3ccccc23)cc1. The molecule has 0 spiro atoms. The molecule has 0 amide bonds. The van der Waals surface area contributed by atoms with Gasteiger partial charge in [-0.25, -0.2) is 15.0 Å². The highest BCUT2D eigenvalue weighted by Crippen LogP contribution is 2.34. The number of benzene rings is 6. The molecule has 0 N–H and O–H groups in total. The largest absolute Gasteiger partial charge is 0.258 e. The van der Waals surface area contributed by atoms with Crippen LogP contribution >= 0.6 is 0 Å². The fourth-order valence-electron chi connectivity index (χ4n) is 6.36. The van der Waals surface area contributed by atoms with E-state index in [1.165, 1.54) is 0 Å². The van der Waals surface area contributed by atoms with E-state index in [0.717, 1.165) is 78.2 Å². The van der Waals surface area contributed by atoms with Crippen LogP contribution in [0.5, 0.6) is 0 Å². The number of fused-ring (bicyclic) bond motifs is 4. The molecular weight excluding hydrogens is 603 g/mol. The lowest BCUT2D eigenvalue weighted by molar-refractivity contribution is 1.10. The maximum Gasteiger partial charge on any atom is 0.172 e. The molecule has 0 aliphatic heterocycles. The first-order chi connectivity index (χ1) is 24.2. The number of hydrogen-bond donors (Lipinski definition) is 0. The third-order valence-corrected chi connectivity index (χ3v) is 8.74. The molecule has 0 fully saturated rings. The van der Waals surface area contributed by atoms with E-state index < -0.39 is 0 Å². The molecule has 0 unspecified atom stereocenters. The van der Waals surface area contributed by atoms with Gasteiger partial charge < -0.3 is 0 Å². The lowest BCUT2D eigenvalue weighted by atomic mass is 10.00. The molecule has 0 saturated heterocycles. The van der Waals surface area contributed by atoms with E-state index in [2.05, 4.69) is 57.1 Å². The van der Waals surface area contributed by atoms with Crippen molar-refractivity contribution in [3.63, 3.8) is 0 Å². The van der Waals surface area contributed by atoms with Gasteiger partial charge in [-0.05, 0) is 53.6 Å². The van der Waals surface area contributed by atoms with Crippen molar-refractivity contribution in [1.82, 2.24) is 29.5 Å². The fraction of sp³-hybridized carbons (Fsp3) is 0. The third kappa shape index (κ3) is 4.96. The minimum atomic E-state index is 0.609. The number of nitrogens with zero attached hydrogens (tertiary/aromatic N) is 7. The van der Waals surface area contributed by atoms with Crippen LogP contribution in [0.1, 0.15) is 5.56 Å². The van der Waals surface area contributed by atoms with Crippen molar-refractivity contribution in [2.45, 2.75) is 0 Å². The third-order valence-electron chi connectivity index (χ3n) is 8.74. The standard InChI is InChI=1S/C42H25N7/c43-26-27-20-22-28(23-21-27)38-34-16-4-6-18-36(34)44-39(46-38)32-14-8-12-30(24-32)31-13-9-15-33(25-31)40-45-37-19-7-5-17-35(37)42-48-47-41(49(40)42)29-10-2-1-3-11-29/h1-25H. The van der Waals surface area contributed by atoms with Crippen molar-refractivity contribution in [3.05, 3.63) is 157 Å². The molecule has 228 valence electrons. The molecule has 6 aromatic carbocycles. The fourth-order valence-corrected chi connectivity index (χ4v) is 6.36. The number of hydrogen-bond acceptors (Lipinski definition) is 6. The monoisotopic (exact) mass is 627 g/mol. The Morgan fingerprint density at radius 1 is 0.449 bits per heavy atom. The summed E-state index contributed by atoms with van der Waals surface area (Å²) >= 11 is 0. The van der Waals surface area contributed by atoms with E-state index in [1.807, 2.05) is 115 Å². The number of nitriles is 1. The Balaban J connectivity index is 1.17. The summed E-state index contributed by atoms with van der Waals surface area (Å²) in [5.74, 6) is 2.13. The van der Waals surface area contributed by atoms with E-state index in [-0.39, 0.29) is 0 Å². The van der Waals surface area contributed by atoms with Crippen LogP contribution in [0, 0.1) is 11.3 Å². The Bertz CT molecular complexity index is 2730. The maximum atomic E-state index is 9.32. The van der Waals surface area contributed by atoms with Gasteiger partial charge in [0.1, 0.15) is 5.82 Å². The van der Waals surface area contributed by atoms with Crippen LogP contribution in [0.15, 0.2) is 152 Å². The quantitative estimate of drug-likeness (QED) is 0.189. The van der Waals surface area contributed by atoms with Crippen LogP contribution in [-0.2, 0) is 0 Å². The van der Waals surface area contributed by atoms with Crippen molar-refractivity contribution < 1.29 is 0 Å². The summed E-state index contributed by atoms with van der Waals surface area (Å²) in [5.41, 5.74) is 9.71. The smallest absolute Gasteiger partial charge is 0.172 e. The Morgan fingerprint density at radius 2 is 1.06 bits per heavy atom. The minimum Gasteiger partial charge on any atom is -0.258 e. The normalized spacial score (nSPS) is 11.2. The topological polar surface area (TPSA) is 92.6 Å². The maximum absolute atomic E-state index is 9.32. The van der Waals surface area contributed by atoms with Crippen molar-refractivity contribution in [2.24, 2.45) is 0 Å². The lowest BCUT2D eigenvalue weighted by Crippen LogP contribution is -2.00. The number of para-hydroxylation sites is 2. The van der Waals surface area contributed by atoms with Gasteiger partial charge >= 0.3 is 0 Å². The van der Waals surface area contributed by atoms with Gasteiger partial charge in [0.05, 0.1) is 28.4 Å². The van der Waals surface area contributed by atoms with Crippen LogP contribution in [0.4, 0.5) is 0 Å². The molecule has 0 aliphatic rings. The highest BCUT2D eigenvalue weighted by atomic mass is 15.3. The second-order valence-electron chi connectivity index (χ2n) is 11.8. The predicted molar refractivity (Wildman–Crippen MR) is 193 cm³/mol. The zero-order chi connectivity index (χ0) is 32.7. The Hall–Kier alpha value is -7.04. The van der Waals surface area contributed by atoms with Gasteiger partial charge in [0.15, 0.2) is 17.3 Å². The summed E-state index contributed by atoms with van der Waals surface area (Å²) in [6.45, 7) is 0. The van der Waals surface area contributed by atoms with Crippen molar-refractivity contribution >= 4 is 27.5 Å². The number of rotatable bonds is 5. The molecule has 49 heavy (non-hydrogen) atoms. The second-order valence-corrected chi connectivity index (χ2v) is 11.8. The molecule has 0 atom stereocenters. The van der Waals surface area contributed by atoms with E-state index >= 15 is 0 Å². The zero-order valence-corrected chi connectivity index (χ0v) is 26.1. The summed E-state index contributed by atoms with van der Waals surface area (Å²) in [5, 5.41) is 20.5. The van der Waals surface area contributed by atoms with Gasteiger partial charge in [-0.2, -0.15) is 5.26 Å². The summed E-state index contributed by atoms with van der Waals surface area (Å²) in [6.07, 6.45) is 0. The molecule has 0 saturated carbocycles. The van der Waals surface area contributed by atoms with E-state index in [4.69, 9.17) is 15.0 Å². The van der Waals surface area contributed by atoms with E-state index in [0.29, 0.717) is 11.4 Å². The summed E-state index contributed by atoms with van der Waals surface area (Å²) in [6, 6.07) is 52.6. The highest BCUT2D eigenvalue weighted by Gasteiger charge is 2.18. The first-order valence-electron chi connectivity index (χ1n) is 15.9. The first-order valence-corrected chi connectivity index (χ1v) is 15.9. The molecule has 0 bridgehead atoms. The molecular formula is C42H25N7. The van der Waals surface area contributed by atoms with Gasteiger partial charge in [0.25, 0.3) is 0 Å². The molecule has 0 aliphatic carbocycles. The second kappa shape index (κ2) is 11.6. The van der Waals surface area contributed by atoms with E-state index in [1.54, 1.807) is 0 Å². The zero-order valence-electron chi connectivity index (χ0n) is 26.1. The molecule has 3 aromatic heterocycles. The molecule has 3 heterocycles. The summed E-state index contributed by atoms with van der Waals surface area (Å²) in [7, 11) is 0.